The molecule has 25 heavy (non-hydrogen) atoms. The number of nitrogens with zero attached hydrogens (tertiary/aromatic N) is 3. The first-order valence-electron chi connectivity index (χ1n) is 7.56. The summed E-state index contributed by atoms with van der Waals surface area (Å²) in [4.78, 5) is 24.6. The van der Waals surface area contributed by atoms with Crippen molar-refractivity contribution in [3.05, 3.63) is 65.3 Å². The van der Waals surface area contributed by atoms with Crippen LogP contribution in [0.2, 0.25) is 0 Å². The number of benzene rings is 1. The first-order valence-corrected chi connectivity index (χ1v) is 8.44. The molecule has 0 saturated carbocycles. The van der Waals surface area contributed by atoms with Gasteiger partial charge in [0.1, 0.15) is 16.5 Å². The van der Waals surface area contributed by atoms with Crippen LogP contribution in [0.4, 0.5) is 4.39 Å². The van der Waals surface area contributed by atoms with E-state index in [2.05, 4.69) is 20.3 Å². The van der Waals surface area contributed by atoms with Gasteiger partial charge in [-0.15, -0.1) is 11.3 Å². The van der Waals surface area contributed by atoms with Crippen LogP contribution in [0.5, 0.6) is 0 Å². The molecule has 2 aromatic heterocycles. The Balaban J connectivity index is 1.54. The molecule has 3 rings (SSSR count). The van der Waals surface area contributed by atoms with Gasteiger partial charge in [0.05, 0.1) is 11.9 Å². The van der Waals surface area contributed by atoms with Gasteiger partial charge in [0.2, 0.25) is 0 Å². The Kier molecular flexibility index (Phi) is 5.42. The zero-order valence-electron chi connectivity index (χ0n) is 13.1. The van der Waals surface area contributed by atoms with Crippen molar-refractivity contribution < 1.29 is 14.3 Å². The maximum absolute atomic E-state index is 13.6. The van der Waals surface area contributed by atoms with Crippen LogP contribution < -0.4 is 5.32 Å². The van der Waals surface area contributed by atoms with Crippen molar-refractivity contribution in [1.82, 2.24) is 20.3 Å². The van der Waals surface area contributed by atoms with Crippen LogP contribution in [-0.2, 0) is 11.2 Å². The molecule has 6 nitrogen and oxygen atoms in total. The third kappa shape index (κ3) is 4.23. The van der Waals surface area contributed by atoms with Crippen molar-refractivity contribution in [2.24, 2.45) is 0 Å². The lowest BCUT2D eigenvalue weighted by Gasteiger charge is -2.12. The lowest BCUT2D eigenvalue weighted by atomic mass is 10.1. The van der Waals surface area contributed by atoms with Gasteiger partial charge in [-0.25, -0.2) is 9.37 Å². The van der Waals surface area contributed by atoms with E-state index in [0.29, 0.717) is 12.1 Å². The van der Waals surface area contributed by atoms with E-state index in [-0.39, 0.29) is 12.1 Å². The molecular formula is C17H15FN4O2S. The molecule has 1 unspecified atom stereocenters. The number of halogens is 1. The highest BCUT2D eigenvalue weighted by Crippen LogP contribution is 2.21. The van der Waals surface area contributed by atoms with E-state index in [9.17, 15) is 14.3 Å². The number of carbonyl (C=O) groups is 1. The highest BCUT2D eigenvalue weighted by Gasteiger charge is 2.20. The Labute approximate surface area is 147 Å². The fourth-order valence-corrected chi connectivity index (χ4v) is 3.01. The topological polar surface area (TPSA) is 88.0 Å². The number of rotatable bonds is 6. The number of carbonyl (C=O) groups excluding carboxylic acids is 1. The van der Waals surface area contributed by atoms with Crippen molar-refractivity contribution in [1.29, 1.82) is 0 Å². The first-order chi connectivity index (χ1) is 12.1. The molecule has 1 atom stereocenters. The van der Waals surface area contributed by atoms with E-state index in [0.717, 1.165) is 10.7 Å². The number of aliphatic hydroxyl groups excluding tert-OH is 1. The molecule has 0 saturated heterocycles. The molecule has 0 aliphatic rings. The van der Waals surface area contributed by atoms with E-state index in [1.165, 1.54) is 29.5 Å². The van der Waals surface area contributed by atoms with Crippen LogP contribution in [0, 0.1) is 5.82 Å². The van der Waals surface area contributed by atoms with E-state index in [4.69, 9.17) is 0 Å². The lowest BCUT2D eigenvalue weighted by Crippen LogP contribution is -2.31. The number of hydrogen-bond donors (Lipinski definition) is 2. The minimum atomic E-state index is -1.54. The molecule has 0 aliphatic heterocycles. The van der Waals surface area contributed by atoms with Crippen LogP contribution in [0.3, 0.4) is 0 Å². The Bertz CT molecular complexity index is 857. The molecule has 8 heteroatoms. The predicted octanol–water partition coefficient (Wildman–Crippen LogP) is 2.13. The zero-order valence-corrected chi connectivity index (χ0v) is 13.9. The third-order valence-electron chi connectivity index (χ3n) is 3.46. The molecule has 0 bridgehead atoms. The van der Waals surface area contributed by atoms with Crippen LogP contribution in [0.25, 0.3) is 10.7 Å². The van der Waals surface area contributed by atoms with Crippen LogP contribution in [0.15, 0.2) is 48.2 Å². The highest BCUT2D eigenvalue weighted by atomic mass is 32.1. The molecule has 0 radical (unpaired) electrons. The molecule has 1 aromatic carbocycles. The second-order valence-electron chi connectivity index (χ2n) is 5.20. The molecule has 2 heterocycles. The summed E-state index contributed by atoms with van der Waals surface area (Å²) in [5.74, 6) is -1.26. The van der Waals surface area contributed by atoms with Gasteiger partial charge in [-0.05, 0) is 6.07 Å². The molecule has 2 N–H and O–H groups in total. The molecule has 0 aliphatic carbocycles. The average molecular weight is 358 g/mol. The highest BCUT2D eigenvalue weighted by molar-refractivity contribution is 7.13. The summed E-state index contributed by atoms with van der Waals surface area (Å²) in [6.45, 7) is 0.286. The fourth-order valence-electron chi connectivity index (χ4n) is 2.20. The smallest absolute Gasteiger partial charge is 0.253 e. The monoisotopic (exact) mass is 358 g/mol. The predicted molar refractivity (Wildman–Crippen MR) is 91.2 cm³/mol. The van der Waals surface area contributed by atoms with Crippen molar-refractivity contribution in [3.63, 3.8) is 0 Å². The molecule has 1 amide bonds. The van der Waals surface area contributed by atoms with Gasteiger partial charge in [-0.1, -0.05) is 18.2 Å². The quantitative estimate of drug-likeness (QED) is 0.705. The average Bonchev–Trinajstić information content (AvgIpc) is 3.11. The van der Waals surface area contributed by atoms with Gasteiger partial charge in [0.15, 0.2) is 6.10 Å². The Morgan fingerprint density at radius 1 is 1.32 bits per heavy atom. The number of thiazole rings is 1. The SMILES string of the molecule is O=C(NCCc1csc(-c2cnccn2)n1)C(O)c1ccccc1F. The standard InChI is InChI=1S/C17H15FN4O2S/c18-13-4-2-1-3-12(13)15(23)16(24)21-6-5-11-10-25-17(22-11)14-9-19-7-8-20-14/h1-4,7-10,15,23H,5-6H2,(H,21,24). The van der Waals surface area contributed by atoms with Gasteiger partial charge < -0.3 is 10.4 Å². The van der Waals surface area contributed by atoms with Crippen LogP contribution in [0.1, 0.15) is 17.4 Å². The van der Waals surface area contributed by atoms with Crippen molar-refractivity contribution >= 4 is 17.2 Å². The van der Waals surface area contributed by atoms with Gasteiger partial charge >= 0.3 is 0 Å². The van der Waals surface area contributed by atoms with E-state index < -0.39 is 17.8 Å². The second kappa shape index (κ2) is 7.91. The third-order valence-corrected chi connectivity index (χ3v) is 4.38. The van der Waals surface area contributed by atoms with Gasteiger partial charge in [0, 0.05) is 36.3 Å². The van der Waals surface area contributed by atoms with E-state index in [1.54, 1.807) is 24.7 Å². The number of amides is 1. The van der Waals surface area contributed by atoms with Crippen LogP contribution >= 0.6 is 11.3 Å². The summed E-state index contributed by atoms with van der Waals surface area (Å²) in [6, 6.07) is 5.65. The summed E-state index contributed by atoms with van der Waals surface area (Å²) < 4.78 is 13.6. The first kappa shape index (κ1) is 17.1. The second-order valence-corrected chi connectivity index (χ2v) is 6.06. The molecule has 0 spiro atoms. The minimum Gasteiger partial charge on any atom is -0.378 e. The number of hydrogen-bond acceptors (Lipinski definition) is 6. The van der Waals surface area contributed by atoms with Crippen molar-refractivity contribution in [2.75, 3.05) is 6.54 Å². The Morgan fingerprint density at radius 2 is 2.16 bits per heavy atom. The van der Waals surface area contributed by atoms with Crippen molar-refractivity contribution in [3.8, 4) is 10.7 Å². The lowest BCUT2D eigenvalue weighted by molar-refractivity contribution is -0.129. The van der Waals surface area contributed by atoms with E-state index >= 15 is 0 Å². The minimum absolute atomic E-state index is 0.0430. The van der Waals surface area contributed by atoms with Gasteiger partial charge in [-0.3, -0.25) is 14.8 Å². The van der Waals surface area contributed by atoms with Crippen molar-refractivity contribution in [2.45, 2.75) is 12.5 Å². The van der Waals surface area contributed by atoms with Gasteiger partial charge in [-0.2, -0.15) is 0 Å². The van der Waals surface area contributed by atoms with E-state index in [1.807, 2.05) is 5.38 Å². The summed E-state index contributed by atoms with van der Waals surface area (Å²) >= 11 is 1.44. The largest absolute Gasteiger partial charge is 0.378 e. The maximum atomic E-state index is 13.6. The molecule has 3 aromatic rings. The number of aromatic nitrogens is 3. The summed E-state index contributed by atoms with van der Waals surface area (Å²) in [6.07, 6.45) is 3.78. The number of aliphatic hydroxyl groups is 1. The fraction of sp³-hybridized carbons (Fsp3) is 0.176. The summed E-state index contributed by atoms with van der Waals surface area (Å²) in [5, 5.41) is 15.2. The Morgan fingerprint density at radius 3 is 2.92 bits per heavy atom. The summed E-state index contributed by atoms with van der Waals surface area (Å²) in [5.41, 5.74) is 1.45. The maximum Gasteiger partial charge on any atom is 0.253 e. The number of nitrogens with one attached hydrogen (secondary N) is 1. The Hall–Kier alpha value is -2.71. The zero-order chi connectivity index (χ0) is 17.6. The molecule has 128 valence electrons. The normalized spacial score (nSPS) is 11.9. The van der Waals surface area contributed by atoms with Gasteiger partial charge in [0.25, 0.3) is 5.91 Å². The molecular weight excluding hydrogens is 343 g/mol. The van der Waals surface area contributed by atoms with Crippen LogP contribution in [-0.4, -0.2) is 32.5 Å². The molecule has 0 fully saturated rings. The summed E-state index contributed by atoms with van der Waals surface area (Å²) in [7, 11) is 0.